The first-order valence-corrected chi connectivity index (χ1v) is 13.3. The molecule has 0 bridgehead atoms. The number of halogens is 5. The van der Waals surface area contributed by atoms with E-state index in [4.69, 9.17) is 0 Å². The van der Waals surface area contributed by atoms with E-state index in [1.54, 1.807) is 24.4 Å². The Kier molecular flexibility index (Phi) is 7.74. The van der Waals surface area contributed by atoms with Crippen LogP contribution in [-0.4, -0.2) is 43.5 Å². The summed E-state index contributed by atoms with van der Waals surface area (Å²) in [4.78, 5) is 33.8. The van der Waals surface area contributed by atoms with Crippen molar-refractivity contribution >= 4 is 17.5 Å². The molecule has 0 spiro atoms. The Hall–Kier alpha value is -3.64. The van der Waals surface area contributed by atoms with E-state index < -0.39 is 42.9 Å². The first-order chi connectivity index (χ1) is 19.0. The Morgan fingerprint density at radius 3 is 2.35 bits per heavy atom. The number of nitrogens with zero attached hydrogens (tertiary/aromatic N) is 4. The molecule has 0 aliphatic heterocycles. The lowest BCUT2D eigenvalue weighted by Gasteiger charge is -2.33. The molecule has 2 saturated carbocycles. The maximum atomic E-state index is 13.9. The largest absolute Gasteiger partial charge is 0.389 e. The van der Waals surface area contributed by atoms with Crippen LogP contribution in [0.25, 0.3) is 5.65 Å². The van der Waals surface area contributed by atoms with Crippen LogP contribution in [-0.2, 0) is 4.79 Å². The molecule has 0 radical (unpaired) electrons. The van der Waals surface area contributed by atoms with Crippen molar-refractivity contribution in [2.45, 2.75) is 75.5 Å². The van der Waals surface area contributed by atoms with Crippen molar-refractivity contribution < 1.29 is 31.5 Å². The lowest BCUT2D eigenvalue weighted by molar-refractivity contribution is -0.144. The average molecular weight is 565 g/mol. The monoisotopic (exact) mass is 564 g/mol. The zero-order chi connectivity index (χ0) is 28.5. The predicted molar refractivity (Wildman–Crippen MR) is 133 cm³/mol. The highest BCUT2D eigenvalue weighted by molar-refractivity contribution is 5.94. The second kappa shape index (κ2) is 11.1. The fourth-order valence-corrected chi connectivity index (χ4v) is 5.19. The number of rotatable bonds is 9. The Labute approximate surface area is 226 Å². The molecule has 2 amide bonds. The molecule has 2 N–H and O–H groups in total. The second-order valence-electron chi connectivity index (χ2n) is 10.6. The fourth-order valence-electron chi connectivity index (χ4n) is 5.19. The molecule has 0 unspecified atom stereocenters. The van der Waals surface area contributed by atoms with E-state index in [9.17, 15) is 31.5 Å². The van der Waals surface area contributed by atoms with Gasteiger partial charge in [-0.3, -0.25) is 14.6 Å². The molecule has 13 heteroatoms. The summed E-state index contributed by atoms with van der Waals surface area (Å²) in [6, 6.07) is 3.67. The summed E-state index contributed by atoms with van der Waals surface area (Å²) in [6.45, 7) is 0. The maximum absolute atomic E-state index is 13.9. The maximum Gasteiger partial charge on any atom is 0.389 e. The van der Waals surface area contributed by atoms with Crippen LogP contribution in [0.1, 0.15) is 85.1 Å². The third-order valence-electron chi connectivity index (χ3n) is 7.55. The summed E-state index contributed by atoms with van der Waals surface area (Å²) >= 11 is 0. The molecule has 3 aromatic rings. The molecule has 2 fully saturated rings. The highest BCUT2D eigenvalue weighted by atomic mass is 19.4. The summed E-state index contributed by atoms with van der Waals surface area (Å²) in [5, 5.41) is 10.1. The number of carbonyl (C=O) groups is 2. The van der Waals surface area contributed by atoms with E-state index >= 15 is 0 Å². The van der Waals surface area contributed by atoms with E-state index in [1.165, 1.54) is 23.1 Å². The summed E-state index contributed by atoms with van der Waals surface area (Å²) in [7, 11) is 0. The van der Waals surface area contributed by atoms with Crippen LogP contribution < -0.4 is 10.6 Å². The van der Waals surface area contributed by atoms with Crippen LogP contribution in [0.5, 0.6) is 0 Å². The van der Waals surface area contributed by atoms with Gasteiger partial charge < -0.3 is 10.6 Å². The number of aromatic nitrogens is 4. The quantitative estimate of drug-likeness (QED) is 0.342. The topological polar surface area (TPSA) is 101 Å². The fraction of sp³-hybridized carbons (Fsp3) is 0.519. The van der Waals surface area contributed by atoms with Crippen molar-refractivity contribution in [2.24, 2.45) is 11.8 Å². The van der Waals surface area contributed by atoms with Gasteiger partial charge in [0.15, 0.2) is 5.65 Å². The Morgan fingerprint density at radius 2 is 1.70 bits per heavy atom. The molecule has 0 aromatic carbocycles. The molecular formula is C27H29F5N6O2. The van der Waals surface area contributed by atoms with Crippen molar-refractivity contribution in [1.82, 2.24) is 30.2 Å². The molecule has 0 saturated heterocycles. The number of imidazole rings is 1. The first-order valence-electron chi connectivity index (χ1n) is 13.3. The number of hydrogen-bond donors (Lipinski definition) is 2. The van der Waals surface area contributed by atoms with Crippen LogP contribution in [0, 0.1) is 11.8 Å². The van der Waals surface area contributed by atoms with Crippen LogP contribution in [0.15, 0.2) is 43.0 Å². The molecule has 2 aliphatic carbocycles. The average Bonchev–Trinajstić information content (AvgIpc) is 3.67. The van der Waals surface area contributed by atoms with Crippen LogP contribution >= 0.6 is 0 Å². The Morgan fingerprint density at radius 1 is 1.02 bits per heavy atom. The number of hydrogen-bond acceptors (Lipinski definition) is 5. The van der Waals surface area contributed by atoms with Crippen molar-refractivity contribution in [2.75, 3.05) is 0 Å². The van der Waals surface area contributed by atoms with E-state index in [1.807, 2.05) is 0 Å². The smallest absolute Gasteiger partial charge is 0.349 e. The Bertz CT molecular complexity index is 1350. The molecule has 8 nitrogen and oxygen atoms in total. The van der Waals surface area contributed by atoms with E-state index in [0.717, 1.165) is 12.8 Å². The van der Waals surface area contributed by atoms with Crippen LogP contribution in [0.2, 0.25) is 0 Å². The van der Waals surface area contributed by atoms with Gasteiger partial charge in [-0.05, 0) is 61.3 Å². The van der Waals surface area contributed by atoms with Crippen LogP contribution in [0.4, 0.5) is 22.0 Å². The summed E-state index contributed by atoms with van der Waals surface area (Å²) in [5.41, 5.74) is 1.85. The highest BCUT2D eigenvalue weighted by Crippen LogP contribution is 2.43. The first kappa shape index (κ1) is 27.9. The van der Waals surface area contributed by atoms with Gasteiger partial charge in [-0.2, -0.15) is 18.3 Å². The van der Waals surface area contributed by atoms with Crippen molar-refractivity contribution in [3.8, 4) is 0 Å². The summed E-state index contributed by atoms with van der Waals surface area (Å²) in [6.07, 6.45) is 1.35. The van der Waals surface area contributed by atoms with E-state index in [-0.39, 0.29) is 43.4 Å². The molecular weight excluding hydrogens is 535 g/mol. The van der Waals surface area contributed by atoms with Gasteiger partial charge in [0, 0.05) is 37.2 Å². The van der Waals surface area contributed by atoms with Gasteiger partial charge in [0.25, 0.3) is 5.91 Å². The zero-order valence-corrected chi connectivity index (χ0v) is 21.5. The van der Waals surface area contributed by atoms with Gasteiger partial charge >= 0.3 is 6.18 Å². The Balaban J connectivity index is 1.39. The van der Waals surface area contributed by atoms with Gasteiger partial charge in [-0.15, -0.1) is 0 Å². The summed E-state index contributed by atoms with van der Waals surface area (Å²) in [5.74, 6) is -4.00. The second-order valence-corrected chi connectivity index (χ2v) is 10.6. The van der Waals surface area contributed by atoms with E-state index in [0.29, 0.717) is 22.5 Å². The standard InChI is InChI=1S/C27H29F5N6O2/c28-26(29)8-3-17(4-9-26)24(37-25(40)18-6-11-33-12-7-18)20-15-38-21(35-20)13-19(14-34-38)23(16-1-2-16)36-22(39)5-10-27(30,31)32/h6-7,11-17,23-24H,1-5,8-10H2,(H,36,39)(H,37,40)/t23-,24+/m1/s1. The molecule has 2 aliphatic rings. The molecule has 2 atom stereocenters. The SMILES string of the molecule is O=C(CCC(F)(F)F)N[C@@H](c1cnn2cc([C@@H](NC(=O)c3ccncc3)C3CCC(F)(F)CC3)nc2c1)C1CC1. The molecule has 214 valence electrons. The van der Waals surface area contributed by atoms with Crippen molar-refractivity contribution in [3.05, 3.63) is 59.8 Å². The number of fused-ring (bicyclic) bond motifs is 1. The van der Waals surface area contributed by atoms with Gasteiger partial charge in [0.2, 0.25) is 11.8 Å². The third kappa shape index (κ3) is 6.92. The van der Waals surface area contributed by atoms with E-state index in [2.05, 4.69) is 25.7 Å². The number of pyridine rings is 1. The van der Waals surface area contributed by atoms with Gasteiger partial charge in [0.1, 0.15) is 0 Å². The van der Waals surface area contributed by atoms with Gasteiger partial charge in [0.05, 0.1) is 36.6 Å². The molecule has 3 heterocycles. The molecule has 40 heavy (non-hydrogen) atoms. The predicted octanol–water partition coefficient (Wildman–Crippen LogP) is 5.33. The van der Waals surface area contributed by atoms with Crippen molar-refractivity contribution in [3.63, 3.8) is 0 Å². The lowest BCUT2D eigenvalue weighted by Crippen LogP contribution is -2.37. The summed E-state index contributed by atoms with van der Waals surface area (Å²) < 4.78 is 67.0. The minimum Gasteiger partial charge on any atom is -0.349 e. The normalized spacial score (nSPS) is 19.2. The third-order valence-corrected chi connectivity index (χ3v) is 7.55. The van der Waals surface area contributed by atoms with Crippen LogP contribution in [0.3, 0.4) is 0 Å². The highest BCUT2D eigenvalue weighted by Gasteiger charge is 2.40. The molecule has 3 aromatic heterocycles. The van der Waals surface area contributed by atoms with Gasteiger partial charge in [-0.1, -0.05) is 0 Å². The van der Waals surface area contributed by atoms with Crippen molar-refractivity contribution in [1.29, 1.82) is 0 Å². The molecule has 5 rings (SSSR count). The number of carbonyl (C=O) groups excluding carboxylic acids is 2. The zero-order valence-electron chi connectivity index (χ0n) is 21.5. The minimum atomic E-state index is -4.42. The lowest BCUT2D eigenvalue weighted by atomic mass is 9.81. The minimum absolute atomic E-state index is 0.0878. The van der Waals surface area contributed by atoms with Gasteiger partial charge in [-0.25, -0.2) is 18.3 Å². The number of nitrogens with one attached hydrogen (secondary N) is 2. The number of amides is 2. The number of alkyl halides is 5.